The third-order valence-electron chi connectivity index (χ3n) is 3.78. The predicted octanol–water partition coefficient (Wildman–Crippen LogP) is 3.94. The van der Waals surface area contributed by atoms with Crippen molar-refractivity contribution in [3.05, 3.63) is 35.5 Å². The Morgan fingerprint density at radius 3 is 2.22 bits per heavy atom. The summed E-state index contributed by atoms with van der Waals surface area (Å²) >= 11 is 0. The number of carbonyl (C=O) groups is 1. The van der Waals surface area contributed by atoms with Gasteiger partial charge in [-0.1, -0.05) is 29.9 Å². The van der Waals surface area contributed by atoms with E-state index in [0.29, 0.717) is 12.2 Å². The van der Waals surface area contributed by atoms with Crippen molar-refractivity contribution in [2.75, 3.05) is 6.61 Å². The summed E-state index contributed by atoms with van der Waals surface area (Å²) in [7, 11) is 0. The highest BCUT2D eigenvalue weighted by atomic mass is 16.5. The van der Waals surface area contributed by atoms with Gasteiger partial charge in [-0.05, 0) is 45.4 Å². The summed E-state index contributed by atoms with van der Waals surface area (Å²) in [6.45, 7) is 6.26. The van der Waals surface area contributed by atoms with E-state index in [1.807, 2.05) is 6.92 Å². The van der Waals surface area contributed by atoms with E-state index in [4.69, 9.17) is 4.74 Å². The third kappa shape index (κ3) is 2.74. The second kappa shape index (κ2) is 6.03. The standard InChI is InChI=1S/C16H22O2/c1-3-18-16(17)12(2)15(13-8-4-5-9-13)14-10-6-7-11-14/h8,10,15H,2-7,9,11H2,1H3. The van der Waals surface area contributed by atoms with Crippen LogP contribution in [0.1, 0.15) is 45.4 Å². The molecule has 2 aliphatic rings. The number of ether oxygens (including phenoxy) is 1. The first-order chi connectivity index (χ1) is 8.74. The van der Waals surface area contributed by atoms with Gasteiger partial charge in [0.1, 0.15) is 0 Å². The van der Waals surface area contributed by atoms with E-state index >= 15 is 0 Å². The van der Waals surface area contributed by atoms with Gasteiger partial charge in [-0.2, -0.15) is 0 Å². The fourth-order valence-electron chi connectivity index (χ4n) is 2.94. The first-order valence-electron chi connectivity index (χ1n) is 6.97. The van der Waals surface area contributed by atoms with Crippen LogP contribution in [0.3, 0.4) is 0 Å². The van der Waals surface area contributed by atoms with Crippen LogP contribution in [-0.2, 0) is 9.53 Å². The smallest absolute Gasteiger partial charge is 0.334 e. The van der Waals surface area contributed by atoms with Crippen molar-refractivity contribution in [1.29, 1.82) is 0 Å². The van der Waals surface area contributed by atoms with E-state index in [2.05, 4.69) is 18.7 Å². The maximum absolute atomic E-state index is 11.9. The molecule has 0 aromatic heterocycles. The topological polar surface area (TPSA) is 26.3 Å². The van der Waals surface area contributed by atoms with Crippen LogP contribution >= 0.6 is 0 Å². The maximum atomic E-state index is 11.9. The van der Waals surface area contributed by atoms with E-state index in [9.17, 15) is 4.79 Å². The summed E-state index contributed by atoms with van der Waals surface area (Å²) in [5.41, 5.74) is 3.38. The number of rotatable bonds is 5. The molecule has 0 fully saturated rings. The average molecular weight is 246 g/mol. The normalized spacial score (nSPS) is 18.8. The Morgan fingerprint density at radius 1 is 1.28 bits per heavy atom. The van der Waals surface area contributed by atoms with Crippen molar-refractivity contribution >= 4 is 5.97 Å². The zero-order valence-corrected chi connectivity index (χ0v) is 11.2. The lowest BCUT2D eigenvalue weighted by molar-refractivity contribution is -0.138. The molecule has 0 spiro atoms. The lowest BCUT2D eigenvalue weighted by Crippen LogP contribution is -2.18. The highest BCUT2D eigenvalue weighted by Crippen LogP contribution is 2.39. The zero-order valence-electron chi connectivity index (χ0n) is 11.2. The summed E-state index contributed by atoms with van der Waals surface area (Å²) < 4.78 is 5.11. The summed E-state index contributed by atoms with van der Waals surface area (Å²) in [4.78, 5) is 11.9. The van der Waals surface area contributed by atoms with Crippen molar-refractivity contribution in [1.82, 2.24) is 0 Å². The second-order valence-corrected chi connectivity index (χ2v) is 5.02. The molecular weight excluding hydrogens is 224 g/mol. The lowest BCUT2D eigenvalue weighted by Gasteiger charge is -2.21. The van der Waals surface area contributed by atoms with Gasteiger partial charge in [0.2, 0.25) is 0 Å². The van der Waals surface area contributed by atoms with Crippen LogP contribution in [-0.4, -0.2) is 12.6 Å². The fraction of sp³-hybridized carbons (Fsp3) is 0.562. The summed E-state index contributed by atoms with van der Waals surface area (Å²) in [5, 5.41) is 0. The first kappa shape index (κ1) is 13.1. The molecule has 2 aliphatic carbocycles. The van der Waals surface area contributed by atoms with Gasteiger partial charge in [0, 0.05) is 11.5 Å². The van der Waals surface area contributed by atoms with Crippen molar-refractivity contribution in [3.63, 3.8) is 0 Å². The minimum Gasteiger partial charge on any atom is -0.463 e. The van der Waals surface area contributed by atoms with Crippen LogP contribution in [0.4, 0.5) is 0 Å². The molecule has 0 aliphatic heterocycles. The maximum Gasteiger partial charge on any atom is 0.334 e. The number of carbonyl (C=O) groups excluding carboxylic acids is 1. The molecule has 18 heavy (non-hydrogen) atoms. The van der Waals surface area contributed by atoms with Gasteiger partial charge in [0.25, 0.3) is 0 Å². The molecule has 0 saturated carbocycles. The average Bonchev–Trinajstić information content (AvgIpc) is 3.02. The minimum atomic E-state index is -0.233. The Labute approximate surface area is 109 Å². The van der Waals surface area contributed by atoms with Crippen LogP contribution in [0.5, 0.6) is 0 Å². The Balaban J connectivity index is 2.18. The Hall–Kier alpha value is -1.31. The Morgan fingerprint density at radius 2 is 1.83 bits per heavy atom. The SMILES string of the molecule is C=C(C(=O)OCC)C(C1=CCCC1)C1=CCCC1. The predicted molar refractivity (Wildman–Crippen MR) is 73.1 cm³/mol. The van der Waals surface area contributed by atoms with Crippen molar-refractivity contribution in [3.8, 4) is 0 Å². The zero-order chi connectivity index (χ0) is 13.0. The summed E-state index contributed by atoms with van der Waals surface area (Å²) in [5.74, 6) is -0.114. The van der Waals surface area contributed by atoms with Gasteiger partial charge < -0.3 is 4.74 Å². The molecule has 0 radical (unpaired) electrons. The molecule has 0 aromatic rings. The summed E-state index contributed by atoms with van der Waals surface area (Å²) in [6.07, 6.45) is 11.4. The molecule has 0 amide bonds. The monoisotopic (exact) mass is 246 g/mol. The van der Waals surface area contributed by atoms with E-state index < -0.39 is 0 Å². The van der Waals surface area contributed by atoms with Gasteiger partial charge in [0.15, 0.2) is 0 Å². The van der Waals surface area contributed by atoms with Gasteiger partial charge >= 0.3 is 5.97 Å². The van der Waals surface area contributed by atoms with Gasteiger partial charge in [0.05, 0.1) is 6.61 Å². The molecule has 0 bridgehead atoms. The number of esters is 1. The molecule has 98 valence electrons. The van der Waals surface area contributed by atoms with Gasteiger partial charge in [-0.25, -0.2) is 4.79 Å². The van der Waals surface area contributed by atoms with Crippen molar-refractivity contribution in [2.24, 2.45) is 5.92 Å². The van der Waals surface area contributed by atoms with Crippen molar-refractivity contribution in [2.45, 2.75) is 45.4 Å². The molecule has 0 heterocycles. The Kier molecular flexibility index (Phi) is 4.40. The highest BCUT2D eigenvalue weighted by molar-refractivity contribution is 5.89. The van der Waals surface area contributed by atoms with Crippen LogP contribution in [0, 0.1) is 5.92 Å². The van der Waals surface area contributed by atoms with Crippen LogP contribution < -0.4 is 0 Å². The van der Waals surface area contributed by atoms with Crippen LogP contribution in [0.2, 0.25) is 0 Å². The molecule has 2 heteroatoms. The second-order valence-electron chi connectivity index (χ2n) is 5.02. The quantitative estimate of drug-likeness (QED) is 0.417. The molecule has 0 aromatic carbocycles. The largest absolute Gasteiger partial charge is 0.463 e. The molecule has 0 atom stereocenters. The molecular formula is C16H22O2. The fourth-order valence-corrected chi connectivity index (χ4v) is 2.94. The Bertz CT molecular complexity index is 377. The van der Waals surface area contributed by atoms with E-state index in [1.54, 1.807) is 0 Å². The number of hydrogen-bond donors (Lipinski definition) is 0. The number of allylic oxidation sites excluding steroid dienone is 4. The van der Waals surface area contributed by atoms with E-state index in [-0.39, 0.29) is 11.9 Å². The van der Waals surface area contributed by atoms with E-state index in [1.165, 1.54) is 24.0 Å². The molecule has 0 unspecified atom stereocenters. The molecule has 2 rings (SSSR count). The highest BCUT2D eigenvalue weighted by Gasteiger charge is 2.29. The summed E-state index contributed by atoms with van der Waals surface area (Å²) in [6, 6.07) is 0. The van der Waals surface area contributed by atoms with Gasteiger partial charge in [-0.3, -0.25) is 0 Å². The van der Waals surface area contributed by atoms with Gasteiger partial charge in [-0.15, -0.1) is 0 Å². The third-order valence-corrected chi connectivity index (χ3v) is 3.78. The lowest BCUT2D eigenvalue weighted by atomic mass is 9.84. The van der Waals surface area contributed by atoms with Crippen LogP contribution in [0.25, 0.3) is 0 Å². The van der Waals surface area contributed by atoms with Crippen molar-refractivity contribution < 1.29 is 9.53 Å². The molecule has 0 N–H and O–H groups in total. The van der Waals surface area contributed by atoms with E-state index in [0.717, 1.165) is 25.7 Å². The number of hydrogen-bond acceptors (Lipinski definition) is 2. The minimum absolute atomic E-state index is 0.119. The van der Waals surface area contributed by atoms with Crippen LogP contribution in [0.15, 0.2) is 35.5 Å². The molecule has 0 saturated heterocycles. The molecule has 2 nitrogen and oxygen atoms in total. The first-order valence-corrected chi connectivity index (χ1v) is 6.97.